The average Bonchev–Trinajstić information content (AvgIpc) is 2.82. The van der Waals surface area contributed by atoms with Crippen molar-refractivity contribution in [1.29, 1.82) is 0 Å². The molecule has 5 heteroatoms. The summed E-state index contributed by atoms with van der Waals surface area (Å²) in [6.07, 6.45) is 2.02. The number of fused-ring (bicyclic) bond motifs is 1. The van der Waals surface area contributed by atoms with Crippen LogP contribution in [-0.2, 0) is 6.61 Å². The van der Waals surface area contributed by atoms with Gasteiger partial charge < -0.3 is 9.64 Å². The quantitative estimate of drug-likeness (QED) is 0.721. The minimum atomic E-state index is 0.429. The number of benzene rings is 1. The van der Waals surface area contributed by atoms with Gasteiger partial charge in [-0.15, -0.1) is 0 Å². The fourth-order valence-corrected chi connectivity index (χ4v) is 2.65. The van der Waals surface area contributed by atoms with E-state index in [0.717, 1.165) is 27.4 Å². The van der Waals surface area contributed by atoms with Crippen molar-refractivity contribution < 1.29 is 4.74 Å². The molecule has 0 bridgehead atoms. The van der Waals surface area contributed by atoms with Crippen LogP contribution in [0.1, 0.15) is 5.82 Å². The van der Waals surface area contributed by atoms with E-state index >= 15 is 0 Å². The number of imidazole rings is 1. The van der Waals surface area contributed by atoms with Crippen molar-refractivity contribution in [1.82, 2.24) is 9.38 Å². The lowest BCUT2D eigenvalue weighted by Crippen LogP contribution is -2.09. The Balaban J connectivity index is 1.89. The lowest BCUT2D eigenvalue weighted by atomic mass is 10.3. The maximum atomic E-state index is 5.78. The number of para-hydroxylation sites is 1. The molecule has 0 radical (unpaired) electrons. The number of ether oxygens (including phenoxy) is 1. The second-order valence-electron chi connectivity index (χ2n) is 4.96. The third-order valence-corrected chi connectivity index (χ3v) is 3.87. The molecule has 3 aromatic rings. The van der Waals surface area contributed by atoms with Crippen molar-refractivity contribution in [3.63, 3.8) is 0 Å². The average molecular weight is 346 g/mol. The van der Waals surface area contributed by atoms with Crippen LogP contribution in [0.25, 0.3) is 5.52 Å². The first-order valence-electron chi connectivity index (χ1n) is 6.67. The highest BCUT2D eigenvalue weighted by Crippen LogP contribution is 2.24. The van der Waals surface area contributed by atoms with Gasteiger partial charge in [-0.2, -0.15) is 0 Å². The highest BCUT2D eigenvalue weighted by molar-refractivity contribution is 9.10. The van der Waals surface area contributed by atoms with Gasteiger partial charge in [0.1, 0.15) is 17.0 Å². The van der Waals surface area contributed by atoms with E-state index in [1.165, 1.54) is 0 Å². The van der Waals surface area contributed by atoms with Crippen molar-refractivity contribution in [3.05, 3.63) is 59.1 Å². The molecular weight excluding hydrogens is 330 g/mol. The molecule has 108 valence electrons. The summed E-state index contributed by atoms with van der Waals surface area (Å²) in [5.74, 6) is 1.71. The lowest BCUT2D eigenvalue weighted by molar-refractivity contribution is 0.295. The number of rotatable bonds is 4. The molecule has 4 nitrogen and oxygen atoms in total. The second kappa shape index (κ2) is 5.77. The van der Waals surface area contributed by atoms with Crippen molar-refractivity contribution in [3.8, 4) is 5.75 Å². The van der Waals surface area contributed by atoms with Crippen LogP contribution in [0.3, 0.4) is 0 Å². The molecule has 0 saturated heterocycles. The van der Waals surface area contributed by atoms with Crippen LogP contribution in [0.15, 0.2) is 53.3 Å². The van der Waals surface area contributed by atoms with Crippen molar-refractivity contribution in [2.24, 2.45) is 0 Å². The van der Waals surface area contributed by atoms with Crippen LogP contribution in [-0.4, -0.2) is 23.5 Å². The Morgan fingerprint density at radius 1 is 1.19 bits per heavy atom. The van der Waals surface area contributed by atoms with Crippen LogP contribution in [0.4, 0.5) is 5.69 Å². The molecule has 0 fully saturated rings. The molecule has 0 amide bonds. The standard InChI is InChI=1S/C16H16BrN3O/c1-19(2)12-8-9-20-14(10-12)16(17)18-15(20)11-21-13-6-4-3-5-7-13/h3-10H,11H2,1-2H3. The van der Waals surface area contributed by atoms with E-state index in [2.05, 4.69) is 37.9 Å². The summed E-state index contributed by atoms with van der Waals surface area (Å²) in [6, 6.07) is 13.9. The molecule has 0 saturated carbocycles. The van der Waals surface area contributed by atoms with Gasteiger partial charge in [0, 0.05) is 26.0 Å². The van der Waals surface area contributed by atoms with E-state index in [-0.39, 0.29) is 0 Å². The fourth-order valence-electron chi connectivity index (χ4n) is 2.14. The van der Waals surface area contributed by atoms with E-state index in [1.807, 2.05) is 55.0 Å². The molecule has 3 rings (SSSR count). The van der Waals surface area contributed by atoms with Crippen LogP contribution in [0.2, 0.25) is 0 Å². The Morgan fingerprint density at radius 3 is 2.67 bits per heavy atom. The number of hydrogen-bond acceptors (Lipinski definition) is 3. The Kier molecular flexibility index (Phi) is 3.84. The van der Waals surface area contributed by atoms with Gasteiger partial charge in [-0.05, 0) is 40.2 Å². The van der Waals surface area contributed by atoms with Gasteiger partial charge >= 0.3 is 0 Å². The molecule has 0 unspecified atom stereocenters. The summed E-state index contributed by atoms with van der Waals surface area (Å²) >= 11 is 3.52. The largest absolute Gasteiger partial charge is 0.486 e. The predicted molar refractivity (Wildman–Crippen MR) is 88.0 cm³/mol. The molecule has 0 aliphatic carbocycles. The van der Waals surface area contributed by atoms with Crippen LogP contribution in [0, 0.1) is 0 Å². The van der Waals surface area contributed by atoms with Gasteiger partial charge in [0.15, 0.2) is 5.82 Å². The third kappa shape index (κ3) is 2.88. The summed E-state index contributed by atoms with van der Waals surface area (Å²) in [5.41, 5.74) is 2.17. The Labute approximate surface area is 132 Å². The SMILES string of the molecule is CN(C)c1ccn2c(COc3ccccc3)nc(Br)c2c1. The molecule has 0 aliphatic rings. The number of hydrogen-bond donors (Lipinski definition) is 0. The minimum absolute atomic E-state index is 0.429. The van der Waals surface area contributed by atoms with Crippen LogP contribution >= 0.6 is 15.9 Å². The summed E-state index contributed by atoms with van der Waals surface area (Å²) in [4.78, 5) is 6.61. The van der Waals surface area contributed by atoms with E-state index < -0.39 is 0 Å². The first-order chi connectivity index (χ1) is 10.1. The first kappa shape index (κ1) is 13.9. The fraction of sp³-hybridized carbons (Fsp3) is 0.188. The summed E-state index contributed by atoms with van der Waals surface area (Å²) < 4.78 is 8.65. The van der Waals surface area contributed by atoms with Crippen molar-refractivity contribution >= 4 is 27.1 Å². The summed E-state index contributed by atoms with van der Waals surface area (Å²) in [6.45, 7) is 0.429. The highest BCUT2D eigenvalue weighted by Gasteiger charge is 2.10. The van der Waals surface area contributed by atoms with Gasteiger partial charge in [0.05, 0.1) is 5.52 Å². The molecule has 0 N–H and O–H groups in total. The monoisotopic (exact) mass is 345 g/mol. The summed E-state index contributed by atoms with van der Waals surface area (Å²) in [5, 5.41) is 0. The van der Waals surface area contributed by atoms with E-state index in [0.29, 0.717) is 6.61 Å². The van der Waals surface area contributed by atoms with Gasteiger partial charge in [-0.1, -0.05) is 18.2 Å². The van der Waals surface area contributed by atoms with E-state index in [1.54, 1.807) is 0 Å². The van der Waals surface area contributed by atoms with Gasteiger partial charge in [-0.3, -0.25) is 4.40 Å². The smallest absolute Gasteiger partial charge is 0.152 e. The second-order valence-corrected chi connectivity index (χ2v) is 5.71. The molecule has 2 aromatic heterocycles. The molecular formula is C16H16BrN3O. The molecule has 2 heterocycles. The Morgan fingerprint density at radius 2 is 1.95 bits per heavy atom. The maximum Gasteiger partial charge on any atom is 0.152 e. The van der Waals surface area contributed by atoms with Gasteiger partial charge in [-0.25, -0.2) is 4.98 Å². The number of pyridine rings is 1. The molecule has 0 spiro atoms. The van der Waals surface area contributed by atoms with Gasteiger partial charge in [0.25, 0.3) is 0 Å². The maximum absolute atomic E-state index is 5.78. The Bertz CT molecular complexity index is 753. The molecule has 1 aromatic carbocycles. The van der Waals surface area contributed by atoms with E-state index in [4.69, 9.17) is 4.74 Å². The lowest BCUT2D eigenvalue weighted by Gasteiger charge is -2.12. The van der Waals surface area contributed by atoms with Gasteiger partial charge in [0.2, 0.25) is 0 Å². The molecule has 0 atom stereocenters. The van der Waals surface area contributed by atoms with Crippen LogP contribution in [0.5, 0.6) is 5.75 Å². The number of aromatic nitrogens is 2. The third-order valence-electron chi connectivity index (χ3n) is 3.28. The highest BCUT2D eigenvalue weighted by atomic mass is 79.9. The zero-order chi connectivity index (χ0) is 14.8. The Hall–Kier alpha value is -2.01. The zero-order valence-electron chi connectivity index (χ0n) is 12.0. The normalized spacial score (nSPS) is 10.8. The zero-order valence-corrected chi connectivity index (χ0v) is 13.5. The number of nitrogens with zero attached hydrogens (tertiary/aromatic N) is 3. The molecule has 21 heavy (non-hydrogen) atoms. The topological polar surface area (TPSA) is 29.8 Å². The summed E-state index contributed by atoms with van der Waals surface area (Å²) in [7, 11) is 4.05. The molecule has 0 aliphatic heterocycles. The number of anilines is 1. The first-order valence-corrected chi connectivity index (χ1v) is 7.46. The number of halogens is 1. The van der Waals surface area contributed by atoms with Crippen LogP contribution < -0.4 is 9.64 Å². The van der Waals surface area contributed by atoms with Crippen molar-refractivity contribution in [2.45, 2.75) is 6.61 Å². The van der Waals surface area contributed by atoms with E-state index in [9.17, 15) is 0 Å². The predicted octanol–water partition coefficient (Wildman–Crippen LogP) is 3.74. The minimum Gasteiger partial charge on any atom is -0.486 e. The van der Waals surface area contributed by atoms with Crippen molar-refractivity contribution in [2.75, 3.05) is 19.0 Å².